The molecule has 0 amide bonds. The topological polar surface area (TPSA) is 63.0 Å². The number of alkyl halides is 3. The molecule has 0 radical (unpaired) electrons. The molecule has 0 aromatic carbocycles. The van der Waals surface area contributed by atoms with Gasteiger partial charge in [-0.1, -0.05) is 5.21 Å². The number of aliphatic hydroxyl groups is 1. The van der Waals surface area contributed by atoms with Crippen LogP contribution in [0.4, 0.5) is 13.2 Å². The van der Waals surface area contributed by atoms with E-state index in [0.717, 1.165) is 0 Å². The Kier molecular flexibility index (Phi) is 6.06. The van der Waals surface area contributed by atoms with Crippen LogP contribution in [0.15, 0.2) is 6.20 Å². The Morgan fingerprint density at radius 2 is 2.11 bits per heavy atom. The van der Waals surface area contributed by atoms with Crippen molar-refractivity contribution in [2.24, 2.45) is 0 Å². The second-order valence-corrected chi connectivity index (χ2v) is 3.95. The van der Waals surface area contributed by atoms with Gasteiger partial charge in [0.1, 0.15) is 0 Å². The summed E-state index contributed by atoms with van der Waals surface area (Å²) in [6, 6.07) is 0. The van der Waals surface area contributed by atoms with Gasteiger partial charge in [-0.25, -0.2) is 4.68 Å². The van der Waals surface area contributed by atoms with Gasteiger partial charge in [-0.05, 0) is 19.4 Å². The predicted molar refractivity (Wildman–Crippen MR) is 58.7 cm³/mol. The first kappa shape index (κ1) is 14.9. The number of hydrogen-bond acceptors (Lipinski definition) is 4. The molecule has 0 fully saturated rings. The number of nitrogens with one attached hydrogen (secondary N) is 1. The molecule has 8 heteroatoms. The van der Waals surface area contributed by atoms with Gasteiger partial charge in [0, 0.05) is 19.2 Å². The summed E-state index contributed by atoms with van der Waals surface area (Å²) >= 11 is 0. The maximum Gasteiger partial charge on any atom is 0.389 e. The van der Waals surface area contributed by atoms with Crippen LogP contribution in [-0.4, -0.2) is 39.4 Å². The molecule has 0 aliphatic rings. The lowest BCUT2D eigenvalue weighted by Crippen LogP contribution is -2.16. The first-order chi connectivity index (χ1) is 8.51. The molecule has 0 aliphatic heterocycles. The van der Waals surface area contributed by atoms with Crippen molar-refractivity contribution in [1.29, 1.82) is 0 Å². The fourth-order valence-corrected chi connectivity index (χ4v) is 1.42. The molecule has 2 N–H and O–H groups in total. The zero-order valence-electron chi connectivity index (χ0n) is 9.95. The van der Waals surface area contributed by atoms with Crippen molar-refractivity contribution < 1.29 is 18.3 Å². The molecule has 0 aliphatic carbocycles. The summed E-state index contributed by atoms with van der Waals surface area (Å²) in [6.45, 7) is 1.37. The summed E-state index contributed by atoms with van der Waals surface area (Å²) in [5.74, 6) is 0. The van der Waals surface area contributed by atoms with Crippen LogP contribution >= 0.6 is 0 Å². The standard InChI is InChI=1S/C10H17F3N4O/c11-10(12,13)3-1-2-4-14-7-9-8-17(5-6-18)16-15-9/h8,14,18H,1-7H2. The molecule has 18 heavy (non-hydrogen) atoms. The molecule has 0 bridgehead atoms. The van der Waals surface area contributed by atoms with Crippen molar-refractivity contribution in [2.45, 2.75) is 38.5 Å². The van der Waals surface area contributed by atoms with Crippen molar-refractivity contribution in [3.05, 3.63) is 11.9 Å². The van der Waals surface area contributed by atoms with Crippen LogP contribution in [0.5, 0.6) is 0 Å². The van der Waals surface area contributed by atoms with Crippen LogP contribution in [0.2, 0.25) is 0 Å². The highest BCUT2D eigenvalue weighted by Crippen LogP contribution is 2.21. The molecule has 1 aromatic rings. The highest BCUT2D eigenvalue weighted by molar-refractivity contribution is 4.91. The van der Waals surface area contributed by atoms with E-state index < -0.39 is 12.6 Å². The molecule has 0 spiro atoms. The van der Waals surface area contributed by atoms with E-state index in [0.29, 0.717) is 31.7 Å². The lowest BCUT2D eigenvalue weighted by atomic mass is 10.2. The summed E-state index contributed by atoms with van der Waals surface area (Å²) in [6.07, 6.45) is -2.49. The summed E-state index contributed by atoms with van der Waals surface area (Å²) in [4.78, 5) is 0. The van der Waals surface area contributed by atoms with E-state index in [-0.39, 0.29) is 13.0 Å². The summed E-state index contributed by atoms with van der Waals surface area (Å²) in [5.41, 5.74) is 0.708. The Labute approximate surface area is 103 Å². The molecule has 1 rings (SSSR count). The number of aromatic nitrogens is 3. The van der Waals surface area contributed by atoms with Crippen molar-refractivity contribution >= 4 is 0 Å². The number of nitrogens with zero attached hydrogens (tertiary/aromatic N) is 3. The van der Waals surface area contributed by atoms with E-state index in [1.807, 2.05) is 0 Å². The van der Waals surface area contributed by atoms with Gasteiger partial charge in [0.2, 0.25) is 0 Å². The third-order valence-electron chi connectivity index (χ3n) is 2.29. The third kappa shape index (κ3) is 6.55. The van der Waals surface area contributed by atoms with Gasteiger partial charge in [-0.2, -0.15) is 13.2 Å². The SMILES string of the molecule is OCCn1cc(CNCCCCC(F)(F)F)nn1. The van der Waals surface area contributed by atoms with E-state index in [2.05, 4.69) is 15.6 Å². The molecule has 1 aromatic heterocycles. The zero-order valence-corrected chi connectivity index (χ0v) is 9.95. The van der Waals surface area contributed by atoms with Crippen LogP contribution in [0, 0.1) is 0 Å². The fourth-order valence-electron chi connectivity index (χ4n) is 1.42. The van der Waals surface area contributed by atoms with E-state index in [4.69, 9.17) is 5.11 Å². The molecule has 0 saturated carbocycles. The second kappa shape index (κ2) is 7.32. The van der Waals surface area contributed by atoms with Gasteiger partial charge in [-0.3, -0.25) is 0 Å². The Morgan fingerprint density at radius 1 is 1.33 bits per heavy atom. The molecule has 0 unspecified atom stereocenters. The molecule has 104 valence electrons. The first-order valence-corrected chi connectivity index (χ1v) is 5.78. The Balaban J connectivity index is 2.07. The maximum absolute atomic E-state index is 11.8. The summed E-state index contributed by atoms with van der Waals surface area (Å²) in [7, 11) is 0. The van der Waals surface area contributed by atoms with E-state index in [1.54, 1.807) is 6.20 Å². The highest BCUT2D eigenvalue weighted by Gasteiger charge is 2.25. The van der Waals surface area contributed by atoms with Crippen molar-refractivity contribution in [2.75, 3.05) is 13.2 Å². The van der Waals surface area contributed by atoms with Gasteiger partial charge >= 0.3 is 6.18 Å². The van der Waals surface area contributed by atoms with E-state index in [9.17, 15) is 13.2 Å². The minimum atomic E-state index is -4.06. The lowest BCUT2D eigenvalue weighted by molar-refractivity contribution is -0.135. The van der Waals surface area contributed by atoms with Crippen LogP contribution in [0.1, 0.15) is 25.0 Å². The minimum Gasteiger partial charge on any atom is -0.394 e. The van der Waals surface area contributed by atoms with Gasteiger partial charge in [0.05, 0.1) is 18.8 Å². The predicted octanol–water partition coefficient (Wildman–Crippen LogP) is 1.09. The number of hydrogen-bond donors (Lipinski definition) is 2. The average molecular weight is 266 g/mol. The van der Waals surface area contributed by atoms with Crippen LogP contribution < -0.4 is 5.32 Å². The highest BCUT2D eigenvalue weighted by atomic mass is 19.4. The Bertz CT molecular complexity index is 340. The van der Waals surface area contributed by atoms with Crippen LogP contribution in [-0.2, 0) is 13.1 Å². The minimum absolute atomic E-state index is 0.00628. The molecular weight excluding hydrogens is 249 g/mol. The monoisotopic (exact) mass is 266 g/mol. The Hall–Kier alpha value is -1.15. The maximum atomic E-state index is 11.8. The summed E-state index contributed by atoms with van der Waals surface area (Å²) < 4.78 is 37.0. The van der Waals surface area contributed by atoms with Gasteiger partial charge in [-0.15, -0.1) is 5.10 Å². The van der Waals surface area contributed by atoms with E-state index >= 15 is 0 Å². The number of unbranched alkanes of at least 4 members (excludes halogenated alkanes) is 1. The molecule has 0 atom stereocenters. The van der Waals surface area contributed by atoms with E-state index in [1.165, 1.54) is 4.68 Å². The lowest BCUT2D eigenvalue weighted by Gasteiger charge is -2.05. The quantitative estimate of drug-likeness (QED) is 0.691. The van der Waals surface area contributed by atoms with Gasteiger partial charge < -0.3 is 10.4 Å². The third-order valence-corrected chi connectivity index (χ3v) is 2.29. The smallest absolute Gasteiger partial charge is 0.389 e. The zero-order chi connectivity index (χ0) is 13.4. The Morgan fingerprint density at radius 3 is 2.78 bits per heavy atom. The molecule has 0 saturated heterocycles. The molecule has 1 heterocycles. The fraction of sp³-hybridized carbons (Fsp3) is 0.800. The van der Waals surface area contributed by atoms with Crippen molar-refractivity contribution in [3.63, 3.8) is 0 Å². The molecule has 5 nitrogen and oxygen atoms in total. The van der Waals surface area contributed by atoms with Crippen LogP contribution in [0.3, 0.4) is 0 Å². The largest absolute Gasteiger partial charge is 0.394 e. The number of aliphatic hydroxyl groups excluding tert-OH is 1. The first-order valence-electron chi connectivity index (χ1n) is 5.78. The second-order valence-electron chi connectivity index (χ2n) is 3.95. The van der Waals surface area contributed by atoms with Crippen LogP contribution in [0.25, 0.3) is 0 Å². The normalized spacial score (nSPS) is 12.0. The molecular formula is C10H17F3N4O. The van der Waals surface area contributed by atoms with Gasteiger partial charge in [0.15, 0.2) is 0 Å². The average Bonchev–Trinajstić information content (AvgIpc) is 2.70. The van der Waals surface area contributed by atoms with Gasteiger partial charge in [0.25, 0.3) is 0 Å². The van der Waals surface area contributed by atoms with Crippen molar-refractivity contribution in [1.82, 2.24) is 20.3 Å². The summed E-state index contributed by atoms with van der Waals surface area (Å²) in [5, 5.41) is 19.3. The number of halogens is 3. The van der Waals surface area contributed by atoms with Crippen molar-refractivity contribution in [3.8, 4) is 0 Å². The number of rotatable bonds is 8.